The number of carbonyl (C=O) groups is 1. The van der Waals surface area contributed by atoms with Crippen LogP contribution < -0.4 is 5.32 Å². The van der Waals surface area contributed by atoms with Gasteiger partial charge in [-0.2, -0.15) is 10.2 Å². The minimum atomic E-state index is -0.107. The highest BCUT2D eigenvalue weighted by Gasteiger charge is 2.18. The Hall–Kier alpha value is -2.79. The van der Waals surface area contributed by atoms with Gasteiger partial charge in [0, 0.05) is 16.3 Å². The molecule has 0 unspecified atom stereocenters. The van der Waals surface area contributed by atoms with Gasteiger partial charge in [0.2, 0.25) is 0 Å². The van der Waals surface area contributed by atoms with Crippen LogP contribution >= 0.6 is 0 Å². The van der Waals surface area contributed by atoms with Crippen molar-refractivity contribution in [3.8, 4) is 0 Å². The Morgan fingerprint density at radius 3 is 2.54 bits per heavy atom. The molecule has 132 valence electrons. The number of hydrogen-bond donors (Lipinski definition) is 1. The maximum atomic E-state index is 12.6. The summed E-state index contributed by atoms with van der Waals surface area (Å²) in [5, 5.41) is 12.6. The molecule has 1 saturated heterocycles. The third-order valence-corrected chi connectivity index (χ3v) is 5.20. The fourth-order valence-corrected chi connectivity index (χ4v) is 3.58. The predicted molar refractivity (Wildman–Crippen MR) is 103 cm³/mol. The zero-order valence-corrected chi connectivity index (χ0v) is 14.9. The summed E-state index contributed by atoms with van der Waals surface area (Å²) in [6, 6.07) is 13.8. The number of likely N-dealkylation sites (tertiary alicyclic amines) is 1. The predicted octanol–water partition coefficient (Wildman–Crippen LogP) is 3.69. The second kappa shape index (κ2) is 7.22. The molecular weight excluding hydrogens is 324 g/mol. The fraction of sp³-hybridized carbons (Fsp3) is 0.286. The third kappa shape index (κ3) is 3.44. The van der Waals surface area contributed by atoms with Gasteiger partial charge in [0.15, 0.2) is 0 Å². The summed E-state index contributed by atoms with van der Waals surface area (Å²) in [6.45, 7) is 2.27. The minimum Gasteiger partial charge on any atom is -0.321 e. The van der Waals surface area contributed by atoms with E-state index in [1.807, 2.05) is 30.3 Å². The average molecular weight is 346 g/mol. The number of carbonyl (C=O) groups excluding carboxylic acids is 1. The van der Waals surface area contributed by atoms with Crippen LogP contribution in [0, 0.1) is 0 Å². The second-order valence-corrected chi connectivity index (χ2v) is 6.95. The number of benzene rings is 2. The molecule has 26 heavy (non-hydrogen) atoms. The molecule has 1 amide bonds. The van der Waals surface area contributed by atoms with Gasteiger partial charge in [-0.05, 0) is 62.7 Å². The molecule has 5 nitrogen and oxygen atoms in total. The first-order valence-electron chi connectivity index (χ1n) is 9.00. The van der Waals surface area contributed by atoms with E-state index in [4.69, 9.17) is 0 Å². The van der Waals surface area contributed by atoms with Gasteiger partial charge in [-0.25, -0.2) is 0 Å². The van der Waals surface area contributed by atoms with Crippen molar-refractivity contribution in [1.82, 2.24) is 15.1 Å². The quantitative estimate of drug-likeness (QED) is 0.786. The molecule has 1 aromatic heterocycles. The molecule has 0 aliphatic carbocycles. The summed E-state index contributed by atoms with van der Waals surface area (Å²) in [6.07, 6.45) is 5.73. The Morgan fingerprint density at radius 1 is 1.04 bits per heavy atom. The molecule has 1 N–H and O–H groups in total. The summed E-state index contributed by atoms with van der Waals surface area (Å²) in [5.41, 5.74) is 2.75. The number of anilines is 1. The molecule has 1 aliphatic rings. The van der Waals surface area contributed by atoms with Crippen LogP contribution in [0.3, 0.4) is 0 Å². The smallest absolute Gasteiger partial charge is 0.255 e. The van der Waals surface area contributed by atoms with Gasteiger partial charge in [-0.15, -0.1) is 0 Å². The van der Waals surface area contributed by atoms with Crippen molar-refractivity contribution in [3.05, 3.63) is 66.0 Å². The SMILES string of the molecule is CN1CCC(c2ccc(C(=O)Nc3cccc4cnncc34)cc2)CC1. The maximum Gasteiger partial charge on any atom is 0.255 e. The molecule has 0 radical (unpaired) electrons. The van der Waals surface area contributed by atoms with Gasteiger partial charge < -0.3 is 10.2 Å². The maximum absolute atomic E-state index is 12.6. The second-order valence-electron chi connectivity index (χ2n) is 6.95. The summed E-state index contributed by atoms with van der Waals surface area (Å²) >= 11 is 0. The van der Waals surface area contributed by atoms with Gasteiger partial charge in [-0.1, -0.05) is 24.3 Å². The van der Waals surface area contributed by atoms with Gasteiger partial charge in [-0.3, -0.25) is 4.79 Å². The van der Waals surface area contributed by atoms with Gasteiger partial charge in [0.05, 0.1) is 18.1 Å². The lowest BCUT2D eigenvalue weighted by Gasteiger charge is -2.29. The molecule has 0 spiro atoms. The number of rotatable bonds is 3. The van der Waals surface area contributed by atoms with Crippen molar-refractivity contribution >= 4 is 22.4 Å². The van der Waals surface area contributed by atoms with E-state index < -0.39 is 0 Å². The molecule has 1 aliphatic heterocycles. The molecule has 2 aromatic carbocycles. The first-order valence-corrected chi connectivity index (χ1v) is 9.00. The van der Waals surface area contributed by atoms with Crippen LogP contribution in [0.15, 0.2) is 54.9 Å². The normalized spacial score (nSPS) is 15.9. The molecule has 2 heterocycles. The number of piperidine rings is 1. The summed E-state index contributed by atoms with van der Waals surface area (Å²) in [7, 11) is 2.17. The molecule has 5 heteroatoms. The number of fused-ring (bicyclic) bond motifs is 1. The van der Waals surface area contributed by atoms with Gasteiger partial charge in [0.25, 0.3) is 5.91 Å². The van der Waals surface area contributed by atoms with E-state index in [0.29, 0.717) is 11.5 Å². The van der Waals surface area contributed by atoms with Crippen LogP contribution in [-0.2, 0) is 0 Å². The van der Waals surface area contributed by atoms with Gasteiger partial charge >= 0.3 is 0 Å². The Bertz CT molecular complexity index is 909. The Labute approximate surface area is 153 Å². The van der Waals surface area contributed by atoms with Crippen LogP contribution in [0.4, 0.5) is 5.69 Å². The largest absolute Gasteiger partial charge is 0.321 e. The standard InChI is InChI=1S/C21H22N4O/c1-25-11-9-16(10-12-25)15-5-7-17(8-6-15)21(26)24-20-4-2-3-18-13-22-23-14-19(18)20/h2-8,13-14,16H,9-12H2,1H3,(H,24,26). The zero-order valence-electron chi connectivity index (χ0n) is 14.9. The van der Waals surface area contributed by atoms with E-state index in [9.17, 15) is 4.79 Å². The molecule has 4 rings (SSSR count). The molecular formula is C21H22N4O. The van der Waals surface area contributed by atoms with Crippen LogP contribution in [0.5, 0.6) is 0 Å². The van der Waals surface area contributed by atoms with Crippen molar-refractivity contribution in [2.24, 2.45) is 0 Å². The third-order valence-electron chi connectivity index (χ3n) is 5.20. The summed E-state index contributed by atoms with van der Waals surface area (Å²) in [5.74, 6) is 0.490. The van der Waals surface area contributed by atoms with Crippen LogP contribution in [0.25, 0.3) is 10.8 Å². The lowest BCUT2D eigenvalue weighted by Crippen LogP contribution is -2.29. The van der Waals surface area contributed by atoms with E-state index in [2.05, 4.69) is 39.6 Å². The van der Waals surface area contributed by atoms with Crippen molar-refractivity contribution in [2.75, 3.05) is 25.5 Å². The first-order chi connectivity index (χ1) is 12.7. The van der Waals surface area contributed by atoms with Crippen LogP contribution in [0.2, 0.25) is 0 Å². The van der Waals surface area contributed by atoms with E-state index >= 15 is 0 Å². The van der Waals surface area contributed by atoms with E-state index in [1.165, 1.54) is 18.4 Å². The highest BCUT2D eigenvalue weighted by Crippen LogP contribution is 2.28. The number of hydrogen-bond acceptors (Lipinski definition) is 4. The first kappa shape index (κ1) is 16.7. The van der Waals surface area contributed by atoms with E-state index in [1.54, 1.807) is 12.4 Å². The van der Waals surface area contributed by atoms with Crippen molar-refractivity contribution < 1.29 is 4.79 Å². The van der Waals surface area contributed by atoms with E-state index in [-0.39, 0.29) is 5.91 Å². The molecule has 0 atom stereocenters. The Kier molecular flexibility index (Phi) is 4.63. The number of nitrogens with zero attached hydrogens (tertiary/aromatic N) is 3. The zero-order chi connectivity index (χ0) is 17.9. The van der Waals surface area contributed by atoms with Crippen LogP contribution in [0.1, 0.15) is 34.7 Å². The van der Waals surface area contributed by atoms with Gasteiger partial charge in [0.1, 0.15) is 0 Å². The fourth-order valence-electron chi connectivity index (χ4n) is 3.58. The van der Waals surface area contributed by atoms with Crippen LogP contribution in [-0.4, -0.2) is 41.1 Å². The monoisotopic (exact) mass is 346 g/mol. The Balaban J connectivity index is 1.50. The van der Waals surface area contributed by atoms with Crippen molar-refractivity contribution in [2.45, 2.75) is 18.8 Å². The van der Waals surface area contributed by atoms with E-state index in [0.717, 1.165) is 29.5 Å². The topological polar surface area (TPSA) is 58.1 Å². The molecule has 3 aromatic rings. The molecule has 0 bridgehead atoms. The lowest BCUT2D eigenvalue weighted by molar-refractivity contribution is 0.102. The number of aromatic nitrogens is 2. The lowest BCUT2D eigenvalue weighted by atomic mass is 9.89. The summed E-state index contributed by atoms with van der Waals surface area (Å²) < 4.78 is 0. The Morgan fingerprint density at radius 2 is 1.77 bits per heavy atom. The average Bonchev–Trinajstić information content (AvgIpc) is 2.69. The highest BCUT2D eigenvalue weighted by atomic mass is 16.1. The van der Waals surface area contributed by atoms with Crippen molar-refractivity contribution in [3.63, 3.8) is 0 Å². The number of nitrogens with one attached hydrogen (secondary N) is 1. The summed E-state index contributed by atoms with van der Waals surface area (Å²) in [4.78, 5) is 15.0. The number of amides is 1. The minimum absolute atomic E-state index is 0.107. The molecule has 1 fully saturated rings. The molecule has 0 saturated carbocycles. The highest BCUT2D eigenvalue weighted by molar-refractivity contribution is 6.08. The van der Waals surface area contributed by atoms with Crippen molar-refractivity contribution in [1.29, 1.82) is 0 Å².